The van der Waals surface area contributed by atoms with Crippen molar-refractivity contribution in [2.45, 2.75) is 46.1 Å². The number of nitrogens with zero attached hydrogens (tertiary/aromatic N) is 2. The highest BCUT2D eigenvalue weighted by Gasteiger charge is 2.61. The van der Waals surface area contributed by atoms with Crippen LogP contribution in [0.1, 0.15) is 39.7 Å². The first-order valence-electron chi connectivity index (χ1n) is 6.14. The number of hydrogen-bond donors (Lipinski definition) is 1. The summed E-state index contributed by atoms with van der Waals surface area (Å²) in [6.45, 7) is 10.7. The van der Waals surface area contributed by atoms with Gasteiger partial charge in [-0.05, 0) is 23.3 Å². The molecule has 3 nitrogen and oxygen atoms in total. The van der Waals surface area contributed by atoms with E-state index >= 15 is 0 Å². The van der Waals surface area contributed by atoms with E-state index in [9.17, 15) is 0 Å². The van der Waals surface area contributed by atoms with Gasteiger partial charge in [-0.3, -0.25) is 4.68 Å². The van der Waals surface area contributed by atoms with Crippen molar-refractivity contribution in [3.63, 3.8) is 0 Å². The van der Waals surface area contributed by atoms with Crippen LogP contribution in [-0.4, -0.2) is 16.3 Å². The zero-order valence-corrected chi connectivity index (χ0v) is 10.8. The van der Waals surface area contributed by atoms with E-state index in [-0.39, 0.29) is 5.41 Å². The molecule has 90 valence electrons. The Hall–Kier alpha value is -0.830. The van der Waals surface area contributed by atoms with Gasteiger partial charge in [0.1, 0.15) is 0 Å². The monoisotopic (exact) mass is 221 g/mol. The summed E-state index contributed by atoms with van der Waals surface area (Å²) in [6.07, 6.45) is 5.37. The molecule has 1 saturated carbocycles. The molecule has 1 aliphatic rings. The van der Waals surface area contributed by atoms with Gasteiger partial charge in [0, 0.05) is 24.7 Å². The fraction of sp³-hybridized carbons (Fsp3) is 0.769. The summed E-state index contributed by atoms with van der Waals surface area (Å²) in [5, 5.41) is 4.44. The van der Waals surface area contributed by atoms with E-state index in [4.69, 9.17) is 5.73 Å². The van der Waals surface area contributed by atoms with Crippen molar-refractivity contribution in [3.8, 4) is 0 Å². The molecule has 1 unspecified atom stereocenters. The Balaban J connectivity index is 2.19. The molecular weight excluding hydrogens is 198 g/mol. The van der Waals surface area contributed by atoms with Crippen molar-refractivity contribution < 1.29 is 0 Å². The Bertz CT molecular complexity index is 378. The molecular formula is C13H23N3. The summed E-state index contributed by atoms with van der Waals surface area (Å²) in [5.41, 5.74) is 7.79. The van der Waals surface area contributed by atoms with Gasteiger partial charge in [-0.1, -0.05) is 27.7 Å². The molecule has 2 N–H and O–H groups in total. The summed E-state index contributed by atoms with van der Waals surface area (Å²) in [6, 6.07) is 0. The molecule has 0 amide bonds. The van der Waals surface area contributed by atoms with Crippen LogP contribution >= 0.6 is 0 Å². The van der Waals surface area contributed by atoms with Crippen LogP contribution in [-0.2, 0) is 12.0 Å². The van der Waals surface area contributed by atoms with E-state index in [1.165, 1.54) is 12.0 Å². The Morgan fingerprint density at radius 2 is 2.12 bits per heavy atom. The second kappa shape index (κ2) is 3.59. The minimum absolute atomic E-state index is 0.183. The van der Waals surface area contributed by atoms with Crippen LogP contribution in [0.5, 0.6) is 0 Å². The maximum atomic E-state index is 5.95. The average Bonchev–Trinajstić information content (AvgIpc) is 2.57. The van der Waals surface area contributed by atoms with Crippen LogP contribution in [0.4, 0.5) is 0 Å². The maximum Gasteiger partial charge on any atom is 0.0528 e. The van der Waals surface area contributed by atoms with Gasteiger partial charge in [-0.2, -0.15) is 5.10 Å². The fourth-order valence-electron chi connectivity index (χ4n) is 2.75. The Morgan fingerprint density at radius 3 is 2.56 bits per heavy atom. The standard InChI is InChI=1S/C13H23N3/c1-10(2)6-16-7-11(5-15-16)13(9-14)8-12(13,3)4/h5,7,10H,6,8-9,14H2,1-4H3. The van der Waals surface area contributed by atoms with Crippen LogP contribution < -0.4 is 5.73 Å². The Morgan fingerprint density at radius 1 is 1.50 bits per heavy atom. The molecule has 0 spiro atoms. The third kappa shape index (κ3) is 1.67. The summed E-state index contributed by atoms with van der Waals surface area (Å²) in [5.74, 6) is 0.633. The number of aromatic nitrogens is 2. The lowest BCUT2D eigenvalue weighted by molar-refractivity contribution is 0.478. The van der Waals surface area contributed by atoms with Gasteiger partial charge in [0.15, 0.2) is 0 Å². The maximum absolute atomic E-state index is 5.95. The minimum atomic E-state index is 0.183. The minimum Gasteiger partial charge on any atom is -0.330 e. The molecule has 3 heteroatoms. The van der Waals surface area contributed by atoms with Crippen LogP contribution in [0.25, 0.3) is 0 Å². The van der Waals surface area contributed by atoms with E-state index in [1.54, 1.807) is 0 Å². The molecule has 1 aromatic heterocycles. The van der Waals surface area contributed by atoms with E-state index in [2.05, 4.69) is 39.0 Å². The first-order chi connectivity index (χ1) is 7.41. The van der Waals surface area contributed by atoms with Gasteiger partial charge >= 0.3 is 0 Å². The van der Waals surface area contributed by atoms with Gasteiger partial charge in [-0.25, -0.2) is 0 Å². The highest BCUT2D eigenvalue weighted by molar-refractivity contribution is 5.34. The van der Waals surface area contributed by atoms with E-state index in [0.29, 0.717) is 11.3 Å². The fourth-order valence-corrected chi connectivity index (χ4v) is 2.75. The molecule has 1 aromatic rings. The molecule has 0 bridgehead atoms. The molecule has 1 atom stereocenters. The van der Waals surface area contributed by atoms with Crippen LogP contribution in [0.15, 0.2) is 12.4 Å². The van der Waals surface area contributed by atoms with E-state index in [1.807, 2.05) is 10.9 Å². The zero-order valence-electron chi connectivity index (χ0n) is 10.8. The second-order valence-electron chi connectivity index (χ2n) is 6.19. The topological polar surface area (TPSA) is 43.8 Å². The molecule has 1 aliphatic carbocycles. The highest BCUT2D eigenvalue weighted by atomic mass is 15.3. The molecule has 0 radical (unpaired) electrons. The largest absolute Gasteiger partial charge is 0.330 e. The third-order valence-electron chi connectivity index (χ3n) is 4.00. The Kier molecular flexibility index (Phi) is 2.61. The lowest BCUT2D eigenvalue weighted by Crippen LogP contribution is -2.24. The normalized spacial score (nSPS) is 27.4. The summed E-state index contributed by atoms with van der Waals surface area (Å²) in [4.78, 5) is 0. The van der Waals surface area contributed by atoms with Crippen molar-refractivity contribution in [2.75, 3.05) is 6.54 Å². The Labute approximate surface area is 98.0 Å². The van der Waals surface area contributed by atoms with E-state index < -0.39 is 0 Å². The molecule has 1 heterocycles. The first-order valence-corrected chi connectivity index (χ1v) is 6.14. The molecule has 0 aliphatic heterocycles. The SMILES string of the molecule is CC(C)Cn1cc(C2(CN)CC2(C)C)cn1. The van der Waals surface area contributed by atoms with E-state index in [0.717, 1.165) is 13.1 Å². The number of nitrogens with two attached hydrogens (primary N) is 1. The van der Waals surface area contributed by atoms with Crippen molar-refractivity contribution in [2.24, 2.45) is 17.1 Å². The first kappa shape index (κ1) is 11.6. The number of hydrogen-bond acceptors (Lipinski definition) is 2. The summed E-state index contributed by atoms with van der Waals surface area (Å²) in [7, 11) is 0. The highest BCUT2D eigenvalue weighted by Crippen LogP contribution is 2.63. The molecule has 0 aromatic carbocycles. The summed E-state index contributed by atoms with van der Waals surface area (Å²) < 4.78 is 2.05. The van der Waals surface area contributed by atoms with Gasteiger partial charge in [0.05, 0.1) is 6.20 Å². The van der Waals surface area contributed by atoms with Crippen molar-refractivity contribution >= 4 is 0 Å². The van der Waals surface area contributed by atoms with Gasteiger partial charge in [-0.15, -0.1) is 0 Å². The molecule has 0 saturated heterocycles. The average molecular weight is 221 g/mol. The third-order valence-corrected chi connectivity index (χ3v) is 4.00. The second-order valence-corrected chi connectivity index (χ2v) is 6.19. The lowest BCUT2D eigenvalue weighted by Gasteiger charge is -2.16. The van der Waals surface area contributed by atoms with Gasteiger partial charge in [0.25, 0.3) is 0 Å². The van der Waals surface area contributed by atoms with Crippen LogP contribution in [0, 0.1) is 11.3 Å². The molecule has 16 heavy (non-hydrogen) atoms. The lowest BCUT2D eigenvalue weighted by atomic mass is 9.90. The summed E-state index contributed by atoms with van der Waals surface area (Å²) >= 11 is 0. The zero-order chi connectivity index (χ0) is 12.0. The van der Waals surface area contributed by atoms with Gasteiger partial charge < -0.3 is 5.73 Å². The van der Waals surface area contributed by atoms with Crippen LogP contribution in [0.2, 0.25) is 0 Å². The molecule has 1 fully saturated rings. The van der Waals surface area contributed by atoms with Crippen LogP contribution in [0.3, 0.4) is 0 Å². The van der Waals surface area contributed by atoms with Crippen molar-refractivity contribution in [1.82, 2.24) is 9.78 Å². The van der Waals surface area contributed by atoms with Gasteiger partial charge in [0.2, 0.25) is 0 Å². The smallest absolute Gasteiger partial charge is 0.0528 e. The molecule has 2 rings (SSSR count). The quantitative estimate of drug-likeness (QED) is 0.846. The van der Waals surface area contributed by atoms with Crippen molar-refractivity contribution in [3.05, 3.63) is 18.0 Å². The predicted molar refractivity (Wildman–Crippen MR) is 66.2 cm³/mol. The predicted octanol–water partition coefficient (Wildman–Crippen LogP) is 2.17. The number of rotatable bonds is 4. The van der Waals surface area contributed by atoms with Crippen molar-refractivity contribution in [1.29, 1.82) is 0 Å².